The minimum Gasteiger partial charge on any atom is -0.467 e. The Bertz CT molecular complexity index is 926. The van der Waals surface area contributed by atoms with Crippen LogP contribution in [0.15, 0.2) is 102 Å². The molecule has 0 bridgehead atoms. The molecule has 146 valence electrons. The molecule has 0 radical (unpaired) electrons. The van der Waals surface area contributed by atoms with Crippen molar-refractivity contribution < 1.29 is 9.21 Å². The molecule has 0 saturated carbocycles. The number of hydrogen-bond donors (Lipinski definition) is 2. The highest BCUT2D eigenvalue weighted by Gasteiger charge is 2.20. The van der Waals surface area contributed by atoms with Gasteiger partial charge in [-0.25, -0.2) is 4.79 Å². The number of nitrogens with zero attached hydrogens (tertiary/aromatic N) is 2. The molecule has 0 aliphatic carbocycles. The van der Waals surface area contributed by atoms with Crippen molar-refractivity contribution in [1.82, 2.24) is 20.4 Å². The highest BCUT2D eigenvalue weighted by Crippen LogP contribution is 2.22. The molecular formula is C23H22N4O2. The summed E-state index contributed by atoms with van der Waals surface area (Å²) < 4.78 is 7.31. The SMILES string of the molecule is O=C(NCC(c1ccco1)n1cccn1)NC(c1ccccc1)c1ccccc1. The minimum atomic E-state index is -0.258. The van der Waals surface area contributed by atoms with Crippen molar-refractivity contribution in [2.24, 2.45) is 0 Å². The maximum Gasteiger partial charge on any atom is 0.315 e. The summed E-state index contributed by atoms with van der Waals surface area (Å²) in [7, 11) is 0. The molecule has 1 unspecified atom stereocenters. The second-order valence-electron chi connectivity index (χ2n) is 6.63. The lowest BCUT2D eigenvalue weighted by Crippen LogP contribution is -2.41. The topological polar surface area (TPSA) is 72.1 Å². The van der Waals surface area contributed by atoms with E-state index in [0.29, 0.717) is 6.54 Å². The van der Waals surface area contributed by atoms with Crippen LogP contribution in [0.25, 0.3) is 0 Å². The van der Waals surface area contributed by atoms with E-state index in [2.05, 4.69) is 15.7 Å². The molecule has 2 aromatic heterocycles. The van der Waals surface area contributed by atoms with Crippen LogP contribution in [0.5, 0.6) is 0 Å². The first-order chi connectivity index (χ1) is 14.3. The van der Waals surface area contributed by atoms with Gasteiger partial charge in [0.05, 0.1) is 12.3 Å². The van der Waals surface area contributed by atoms with Gasteiger partial charge in [0, 0.05) is 18.9 Å². The maximum absolute atomic E-state index is 12.8. The van der Waals surface area contributed by atoms with Crippen LogP contribution in [0, 0.1) is 0 Å². The fourth-order valence-electron chi connectivity index (χ4n) is 3.29. The van der Waals surface area contributed by atoms with E-state index in [1.54, 1.807) is 17.1 Å². The molecule has 6 heteroatoms. The highest BCUT2D eigenvalue weighted by atomic mass is 16.3. The van der Waals surface area contributed by atoms with E-state index >= 15 is 0 Å². The van der Waals surface area contributed by atoms with Gasteiger partial charge >= 0.3 is 6.03 Å². The lowest BCUT2D eigenvalue weighted by atomic mass is 9.99. The molecule has 0 aliphatic rings. The average Bonchev–Trinajstić information content (AvgIpc) is 3.48. The molecule has 6 nitrogen and oxygen atoms in total. The standard InChI is InChI=1S/C23H22N4O2/c28-23(24-17-20(21-13-7-16-29-21)27-15-8-14-25-27)26-22(18-9-3-1-4-10-18)19-11-5-2-6-12-19/h1-16,20,22H,17H2,(H2,24,26,28). The lowest BCUT2D eigenvalue weighted by Gasteiger charge is -2.22. The van der Waals surface area contributed by atoms with Gasteiger partial charge in [0.15, 0.2) is 0 Å². The molecule has 2 N–H and O–H groups in total. The fourth-order valence-corrected chi connectivity index (χ4v) is 3.29. The summed E-state index contributed by atoms with van der Waals surface area (Å²) in [4.78, 5) is 12.8. The van der Waals surface area contributed by atoms with Gasteiger partial charge in [-0.1, -0.05) is 60.7 Å². The van der Waals surface area contributed by atoms with Crippen molar-refractivity contribution in [2.75, 3.05) is 6.54 Å². The summed E-state index contributed by atoms with van der Waals surface area (Å²) in [5.41, 5.74) is 2.03. The van der Waals surface area contributed by atoms with Crippen LogP contribution in [0.1, 0.15) is 29.0 Å². The zero-order valence-corrected chi connectivity index (χ0v) is 15.8. The van der Waals surface area contributed by atoms with Crippen LogP contribution in [0.3, 0.4) is 0 Å². The van der Waals surface area contributed by atoms with Crippen LogP contribution >= 0.6 is 0 Å². The third-order valence-electron chi connectivity index (χ3n) is 4.71. The molecule has 0 fully saturated rings. The van der Waals surface area contributed by atoms with Gasteiger partial charge in [-0.2, -0.15) is 5.10 Å². The molecule has 2 aromatic carbocycles. The van der Waals surface area contributed by atoms with E-state index in [0.717, 1.165) is 16.9 Å². The van der Waals surface area contributed by atoms with Crippen LogP contribution in [0.2, 0.25) is 0 Å². The Labute approximate surface area is 169 Å². The van der Waals surface area contributed by atoms with Crippen molar-refractivity contribution in [3.8, 4) is 0 Å². The van der Waals surface area contributed by atoms with E-state index in [9.17, 15) is 4.79 Å². The summed E-state index contributed by atoms with van der Waals surface area (Å²) in [6.07, 6.45) is 5.17. The molecule has 0 spiro atoms. The van der Waals surface area contributed by atoms with Gasteiger partial charge in [-0.15, -0.1) is 0 Å². The Morgan fingerprint density at radius 1 is 0.931 bits per heavy atom. The molecule has 4 rings (SSSR count). The molecule has 0 saturated heterocycles. The van der Waals surface area contributed by atoms with Gasteiger partial charge < -0.3 is 15.1 Å². The average molecular weight is 386 g/mol. The Balaban J connectivity index is 1.48. The van der Waals surface area contributed by atoms with E-state index in [1.165, 1.54) is 0 Å². The number of carbonyl (C=O) groups is 1. The number of benzene rings is 2. The number of carbonyl (C=O) groups excluding carboxylic acids is 1. The Morgan fingerprint density at radius 3 is 2.17 bits per heavy atom. The molecule has 4 aromatic rings. The fraction of sp³-hybridized carbons (Fsp3) is 0.130. The van der Waals surface area contributed by atoms with Gasteiger partial charge in [0.1, 0.15) is 11.8 Å². The number of rotatable bonds is 7. The normalized spacial score (nSPS) is 11.9. The minimum absolute atomic E-state index is 0.224. The summed E-state index contributed by atoms with van der Waals surface area (Å²) in [6.45, 7) is 0.345. The molecule has 2 amide bonds. The molecule has 0 aliphatic heterocycles. The number of urea groups is 1. The second-order valence-corrected chi connectivity index (χ2v) is 6.63. The van der Waals surface area contributed by atoms with Crippen molar-refractivity contribution in [1.29, 1.82) is 0 Å². The Morgan fingerprint density at radius 2 is 1.62 bits per heavy atom. The summed E-state index contributed by atoms with van der Waals surface area (Å²) in [5.74, 6) is 0.733. The maximum atomic E-state index is 12.8. The molecule has 1 atom stereocenters. The van der Waals surface area contributed by atoms with Crippen molar-refractivity contribution in [3.63, 3.8) is 0 Å². The number of hydrogen-bond acceptors (Lipinski definition) is 3. The zero-order valence-electron chi connectivity index (χ0n) is 15.8. The Kier molecular flexibility index (Phi) is 5.71. The first-order valence-electron chi connectivity index (χ1n) is 9.48. The number of nitrogens with one attached hydrogen (secondary N) is 2. The quantitative estimate of drug-likeness (QED) is 0.501. The number of aromatic nitrogens is 2. The summed E-state index contributed by atoms with van der Waals surface area (Å²) in [5, 5.41) is 10.3. The van der Waals surface area contributed by atoms with Crippen molar-refractivity contribution in [2.45, 2.75) is 12.1 Å². The number of furan rings is 1. The first-order valence-corrected chi connectivity index (χ1v) is 9.48. The summed E-state index contributed by atoms with van der Waals surface area (Å²) in [6, 6.07) is 24.6. The second kappa shape index (κ2) is 8.93. The predicted octanol–water partition coefficient (Wildman–Crippen LogP) is 4.15. The lowest BCUT2D eigenvalue weighted by molar-refractivity contribution is 0.236. The van der Waals surface area contributed by atoms with Crippen LogP contribution in [-0.2, 0) is 0 Å². The van der Waals surface area contributed by atoms with Crippen molar-refractivity contribution in [3.05, 3.63) is 114 Å². The van der Waals surface area contributed by atoms with E-state index in [-0.39, 0.29) is 18.1 Å². The summed E-state index contributed by atoms with van der Waals surface area (Å²) >= 11 is 0. The van der Waals surface area contributed by atoms with Gasteiger partial charge in [-0.3, -0.25) is 4.68 Å². The molecule has 2 heterocycles. The zero-order chi connectivity index (χ0) is 19.9. The van der Waals surface area contributed by atoms with E-state index in [4.69, 9.17) is 4.42 Å². The van der Waals surface area contributed by atoms with E-state index < -0.39 is 0 Å². The molecular weight excluding hydrogens is 364 g/mol. The van der Waals surface area contributed by atoms with Gasteiger partial charge in [-0.05, 0) is 29.3 Å². The largest absolute Gasteiger partial charge is 0.467 e. The van der Waals surface area contributed by atoms with Crippen LogP contribution < -0.4 is 10.6 Å². The monoisotopic (exact) mass is 386 g/mol. The highest BCUT2D eigenvalue weighted by molar-refractivity contribution is 5.75. The third-order valence-corrected chi connectivity index (χ3v) is 4.71. The first kappa shape index (κ1) is 18.6. The number of amides is 2. The smallest absolute Gasteiger partial charge is 0.315 e. The third kappa shape index (κ3) is 4.55. The van der Waals surface area contributed by atoms with E-state index in [1.807, 2.05) is 85.1 Å². The van der Waals surface area contributed by atoms with Crippen LogP contribution in [-0.4, -0.2) is 22.4 Å². The van der Waals surface area contributed by atoms with Gasteiger partial charge in [0.2, 0.25) is 0 Å². The predicted molar refractivity (Wildman–Crippen MR) is 110 cm³/mol. The van der Waals surface area contributed by atoms with Crippen LogP contribution in [0.4, 0.5) is 4.79 Å². The Hall–Kier alpha value is -3.80. The van der Waals surface area contributed by atoms with Gasteiger partial charge in [0.25, 0.3) is 0 Å². The van der Waals surface area contributed by atoms with Crippen molar-refractivity contribution >= 4 is 6.03 Å². The molecule has 29 heavy (non-hydrogen) atoms.